The van der Waals surface area contributed by atoms with E-state index in [0.717, 1.165) is 12.8 Å². The molecule has 1 fully saturated rings. The lowest BCUT2D eigenvalue weighted by Crippen LogP contribution is -2.42. The second-order valence-electron chi connectivity index (χ2n) is 5.07. The largest absolute Gasteiger partial charge is 0.396 e. The van der Waals surface area contributed by atoms with Gasteiger partial charge in [0.15, 0.2) is 0 Å². The van der Waals surface area contributed by atoms with Crippen LogP contribution >= 0.6 is 0 Å². The van der Waals surface area contributed by atoms with Crippen LogP contribution in [0.4, 0.5) is 0 Å². The Hall–Kier alpha value is -0.860. The molecule has 0 aromatic heterocycles. The first kappa shape index (κ1) is 11.6. The molecular formula is C14H21NO. The third-order valence-corrected chi connectivity index (χ3v) is 4.12. The predicted molar refractivity (Wildman–Crippen MR) is 66.3 cm³/mol. The average Bonchev–Trinajstić information content (AvgIpc) is 2.25. The van der Waals surface area contributed by atoms with Gasteiger partial charge in [-0.3, -0.25) is 0 Å². The van der Waals surface area contributed by atoms with Crippen molar-refractivity contribution < 1.29 is 5.11 Å². The third kappa shape index (κ3) is 1.87. The number of aryl methyl sites for hydroxylation is 1. The number of aliphatic hydroxyl groups is 1. The summed E-state index contributed by atoms with van der Waals surface area (Å²) >= 11 is 0. The summed E-state index contributed by atoms with van der Waals surface area (Å²) in [6, 6.07) is 8.56. The minimum Gasteiger partial charge on any atom is -0.396 e. The van der Waals surface area contributed by atoms with Crippen molar-refractivity contribution in [1.82, 2.24) is 0 Å². The molecule has 3 N–H and O–H groups in total. The number of benzene rings is 1. The van der Waals surface area contributed by atoms with Crippen LogP contribution in [-0.2, 0) is 0 Å². The second kappa shape index (κ2) is 4.56. The van der Waals surface area contributed by atoms with Gasteiger partial charge in [-0.1, -0.05) is 36.2 Å². The predicted octanol–water partition coefficient (Wildman–Crippen LogP) is 2.20. The lowest BCUT2D eigenvalue weighted by molar-refractivity contribution is 0.0192. The molecule has 1 aliphatic carbocycles. The van der Waals surface area contributed by atoms with Gasteiger partial charge in [0.1, 0.15) is 0 Å². The van der Waals surface area contributed by atoms with Crippen LogP contribution in [0.25, 0.3) is 0 Å². The molecule has 2 nitrogen and oxygen atoms in total. The fourth-order valence-electron chi connectivity index (χ4n) is 2.79. The van der Waals surface area contributed by atoms with Crippen molar-refractivity contribution in [3.05, 3.63) is 35.4 Å². The zero-order valence-electron chi connectivity index (χ0n) is 9.95. The molecule has 2 heteroatoms. The zero-order valence-corrected chi connectivity index (χ0v) is 9.95. The van der Waals surface area contributed by atoms with Crippen molar-refractivity contribution in [2.75, 3.05) is 13.2 Å². The van der Waals surface area contributed by atoms with Crippen LogP contribution in [-0.4, -0.2) is 18.3 Å². The molecule has 0 bridgehead atoms. The number of nitrogens with two attached hydrogens (primary N) is 1. The van der Waals surface area contributed by atoms with Gasteiger partial charge in [-0.2, -0.15) is 0 Å². The van der Waals surface area contributed by atoms with Gasteiger partial charge in [0.25, 0.3) is 0 Å². The SMILES string of the molecule is Cc1ccc([C@@H](CN)C2(CO)CCC2)cc1. The summed E-state index contributed by atoms with van der Waals surface area (Å²) in [4.78, 5) is 0. The van der Waals surface area contributed by atoms with Crippen molar-refractivity contribution in [2.45, 2.75) is 32.1 Å². The van der Waals surface area contributed by atoms with Crippen LogP contribution < -0.4 is 5.73 Å². The number of hydrogen-bond donors (Lipinski definition) is 2. The van der Waals surface area contributed by atoms with Gasteiger partial charge in [-0.05, 0) is 31.9 Å². The smallest absolute Gasteiger partial charge is 0.0493 e. The van der Waals surface area contributed by atoms with E-state index < -0.39 is 0 Å². The minimum atomic E-state index is 0.0595. The Kier molecular flexibility index (Phi) is 3.31. The molecule has 0 saturated heterocycles. The van der Waals surface area contributed by atoms with Crippen molar-refractivity contribution in [1.29, 1.82) is 0 Å². The van der Waals surface area contributed by atoms with Gasteiger partial charge in [0.05, 0.1) is 0 Å². The Labute approximate surface area is 97.5 Å². The Morgan fingerprint density at radius 3 is 2.31 bits per heavy atom. The fraction of sp³-hybridized carbons (Fsp3) is 0.571. The molecule has 0 aliphatic heterocycles. The highest BCUT2D eigenvalue weighted by Crippen LogP contribution is 2.50. The molecule has 16 heavy (non-hydrogen) atoms. The molecule has 1 aliphatic rings. The summed E-state index contributed by atoms with van der Waals surface area (Å²) in [6.07, 6.45) is 3.45. The van der Waals surface area contributed by atoms with E-state index in [1.165, 1.54) is 17.5 Å². The van der Waals surface area contributed by atoms with Gasteiger partial charge in [-0.25, -0.2) is 0 Å². The Bertz CT molecular complexity index is 335. The van der Waals surface area contributed by atoms with Gasteiger partial charge < -0.3 is 10.8 Å². The van der Waals surface area contributed by atoms with Gasteiger partial charge in [0, 0.05) is 17.9 Å². The van der Waals surface area contributed by atoms with Gasteiger partial charge in [-0.15, -0.1) is 0 Å². The highest BCUT2D eigenvalue weighted by Gasteiger charge is 2.43. The van der Waals surface area contributed by atoms with Crippen LogP contribution in [0.15, 0.2) is 24.3 Å². The standard InChI is InChI=1S/C14H21NO/c1-11-3-5-12(6-4-11)13(9-15)14(10-16)7-2-8-14/h3-6,13,16H,2,7-10,15H2,1H3/t13-/m1/s1. The van der Waals surface area contributed by atoms with Crippen LogP contribution in [0, 0.1) is 12.3 Å². The first-order valence-corrected chi connectivity index (χ1v) is 6.09. The van der Waals surface area contributed by atoms with Crippen LogP contribution in [0.1, 0.15) is 36.3 Å². The summed E-state index contributed by atoms with van der Waals surface area (Å²) in [5, 5.41) is 9.60. The molecule has 0 radical (unpaired) electrons. The van der Waals surface area contributed by atoms with Crippen molar-refractivity contribution >= 4 is 0 Å². The molecule has 1 atom stereocenters. The lowest BCUT2D eigenvalue weighted by atomic mass is 9.60. The normalized spacial score (nSPS) is 20.2. The van der Waals surface area contributed by atoms with E-state index in [1.807, 2.05) is 0 Å². The van der Waals surface area contributed by atoms with E-state index in [2.05, 4.69) is 31.2 Å². The Morgan fingerprint density at radius 2 is 1.94 bits per heavy atom. The average molecular weight is 219 g/mol. The van der Waals surface area contributed by atoms with Crippen LogP contribution in [0.2, 0.25) is 0 Å². The molecule has 2 rings (SSSR count). The molecule has 0 amide bonds. The highest BCUT2D eigenvalue weighted by molar-refractivity contribution is 5.27. The maximum Gasteiger partial charge on any atom is 0.0493 e. The molecule has 0 spiro atoms. The summed E-state index contributed by atoms with van der Waals surface area (Å²) in [5.41, 5.74) is 8.51. The molecule has 88 valence electrons. The van der Waals surface area contributed by atoms with E-state index in [0.29, 0.717) is 12.5 Å². The van der Waals surface area contributed by atoms with Crippen LogP contribution in [0.3, 0.4) is 0 Å². The highest BCUT2D eigenvalue weighted by atomic mass is 16.3. The van der Waals surface area contributed by atoms with Crippen molar-refractivity contribution in [3.8, 4) is 0 Å². The van der Waals surface area contributed by atoms with E-state index in [9.17, 15) is 5.11 Å². The number of aliphatic hydroxyl groups excluding tert-OH is 1. The third-order valence-electron chi connectivity index (χ3n) is 4.12. The summed E-state index contributed by atoms with van der Waals surface area (Å²) < 4.78 is 0. The van der Waals surface area contributed by atoms with Gasteiger partial charge in [0.2, 0.25) is 0 Å². The quantitative estimate of drug-likeness (QED) is 0.815. The fourth-order valence-corrected chi connectivity index (χ4v) is 2.79. The Balaban J connectivity index is 2.25. The van der Waals surface area contributed by atoms with E-state index >= 15 is 0 Å². The Morgan fingerprint density at radius 1 is 1.31 bits per heavy atom. The van der Waals surface area contributed by atoms with Crippen molar-refractivity contribution in [2.24, 2.45) is 11.1 Å². The monoisotopic (exact) mass is 219 g/mol. The summed E-state index contributed by atoms with van der Waals surface area (Å²) in [7, 11) is 0. The molecule has 1 aromatic rings. The van der Waals surface area contributed by atoms with E-state index in [4.69, 9.17) is 5.73 Å². The topological polar surface area (TPSA) is 46.2 Å². The van der Waals surface area contributed by atoms with Crippen LogP contribution in [0.5, 0.6) is 0 Å². The summed E-state index contributed by atoms with van der Waals surface area (Å²) in [6.45, 7) is 2.98. The molecular weight excluding hydrogens is 198 g/mol. The second-order valence-corrected chi connectivity index (χ2v) is 5.07. The lowest BCUT2D eigenvalue weighted by Gasteiger charge is -2.46. The zero-order chi connectivity index (χ0) is 11.6. The maximum absolute atomic E-state index is 9.60. The first-order valence-electron chi connectivity index (χ1n) is 6.09. The summed E-state index contributed by atoms with van der Waals surface area (Å²) in [5.74, 6) is 0.312. The van der Waals surface area contributed by atoms with Crippen molar-refractivity contribution in [3.63, 3.8) is 0 Å². The molecule has 1 saturated carbocycles. The molecule has 0 unspecified atom stereocenters. The van der Waals surface area contributed by atoms with E-state index in [1.54, 1.807) is 0 Å². The van der Waals surface area contributed by atoms with E-state index in [-0.39, 0.29) is 12.0 Å². The van der Waals surface area contributed by atoms with Gasteiger partial charge >= 0.3 is 0 Å². The minimum absolute atomic E-state index is 0.0595. The number of hydrogen-bond acceptors (Lipinski definition) is 2. The molecule has 0 heterocycles. The number of rotatable bonds is 4. The maximum atomic E-state index is 9.60. The molecule has 1 aromatic carbocycles. The first-order chi connectivity index (χ1) is 7.72.